The first-order chi connectivity index (χ1) is 27.6. The lowest BCUT2D eigenvalue weighted by Gasteiger charge is -2.30. The molecule has 302 valence electrons. The Bertz CT molecular complexity index is 2140. The molecule has 2 aromatic carbocycles. The van der Waals surface area contributed by atoms with E-state index >= 15 is 0 Å². The molecule has 8 rings (SSSR count). The first-order valence-electron chi connectivity index (χ1n) is 20.8. The van der Waals surface area contributed by atoms with Crippen LogP contribution in [0.25, 0.3) is 21.6 Å². The molecule has 57 heavy (non-hydrogen) atoms. The average Bonchev–Trinajstić information content (AvgIpc) is 3.79. The number of benzene rings is 2. The lowest BCUT2D eigenvalue weighted by molar-refractivity contribution is -0.150. The highest BCUT2D eigenvalue weighted by Crippen LogP contribution is 2.46. The quantitative estimate of drug-likeness (QED) is 0.128. The van der Waals surface area contributed by atoms with E-state index in [1.165, 1.54) is 37.8 Å². The van der Waals surface area contributed by atoms with Crippen LogP contribution < -0.4 is 15.4 Å². The van der Waals surface area contributed by atoms with Gasteiger partial charge in [0.25, 0.3) is 6.01 Å². The van der Waals surface area contributed by atoms with Gasteiger partial charge in [-0.15, -0.1) is 11.3 Å². The predicted molar refractivity (Wildman–Crippen MR) is 219 cm³/mol. The number of hydrogen-bond acceptors (Lipinski definition) is 9. The molecule has 2 aliphatic heterocycles. The molecule has 0 unspecified atom stereocenters. The summed E-state index contributed by atoms with van der Waals surface area (Å²) in [5.41, 5.74) is 3.11. The number of anilines is 1. The monoisotopic (exact) mass is 796 g/mol. The van der Waals surface area contributed by atoms with Gasteiger partial charge in [0, 0.05) is 40.9 Å². The van der Waals surface area contributed by atoms with E-state index in [1.54, 1.807) is 35.3 Å². The fourth-order valence-corrected chi connectivity index (χ4v) is 9.92. The van der Waals surface area contributed by atoms with Crippen molar-refractivity contribution in [2.75, 3.05) is 18.5 Å². The Labute approximate surface area is 337 Å². The summed E-state index contributed by atoms with van der Waals surface area (Å²) in [6.07, 6.45) is 12.8. The van der Waals surface area contributed by atoms with Gasteiger partial charge in [0.05, 0.1) is 24.4 Å². The van der Waals surface area contributed by atoms with Crippen LogP contribution >= 0.6 is 11.3 Å². The number of aromatic nitrogens is 3. The Hall–Kier alpha value is -4.78. The van der Waals surface area contributed by atoms with E-state index in [0.717, 1.165) is 53.0 Å². The van der Waals surface area contributed by atoms with Gasteiger partial charge in [-0.3, -0.25) is 14.2 Å². The van der Waals surface area contributed by atoms with Crippen molar-refractivity contribution in [1.82, 2.24) is 24.8 Å². The number of para-hydroxylation sites is 1. The molecular formula is C44H53FN6O5S. The van der Waals surface area contributed by atoms with Crippen molar-refractivity contribution in [3.8, 4) is 16.6 Å². The minimum Gasteiger partial charge on any atom is -0.464 e. The molecule has 5 atom stereocenters. The lowest BCUT2D eigenvalue weighted by atomic mass is 10.0. The van der Waals surface area contributed by atoms with Gasteiger partial charge in [0.15, 0.2) is 0 Å². The maximum atomic E-state index is 14.7. The van der Waals surface area contributed by atoms with Gasteiger partial charge in [0.2, 0.25) is 11.8 Å². The molecule has 0 spiro atoms. The Balaban J connectivity index is 1.12. The summed E-state index contributed by atoms with van der Waals surface area (Å²) in [6, 6.07) is 10.9. The van der Waals surface area contributed by atoms with E-state index < -0.39 is 41.4 Å². The minimum absolute atomic E-state index is 0.00784. The molecule has 2 saturated carbocycles. The highest BCUT2D eigenvalue weighted by Gasteiger charge is 2.62. The molecule has 1 saturated heterocycles. The fraction of sp³-hybridized carbons (Fsp3) is 0.523. The van der Waals surface area contributed by atoms with Crippen molar-refractivity contribution < 1.29 is 28.2 Å². The summed E-state index contributed by atoms with van der Waals surface area (Å²) < 4.78 is 28.6. The summed E-state index contributed by atoms with van der Waals surface area (Å²) in [5.74, 6) is -1.28. The van der Waals surface area contributed by atoms with Crippen LogP contribution in [-0.4, -0.2) is 74.1 Å². The number of thiazole rings is 1. The SMILES string of the molecule is CCOC(=O)[C@@]12C[C@H]1/C=C\CCCCC[C@H](Nc1cccc(F)c1)C(=O)N1C[C@H](Oc3nc4c(-c5nc(C6CCCC6)cs5)cccc4n3C(C)C)C[C@H]1C(=O)N2. The second-order valence-corrected chi connectivity index (χ2v) is 17.2. The van der Waals surface area contributed by atoms with Gasteiger partial charge < -0.3 is 25.0 Å². The van der Waals surface area contributed by atoms with Gasteiger partial charge in [-0.2, -0.15) is 4.98 Å². The maximum Gasteiger partial charge on any atom is 0.332 e. The zero-order valence-corrected chi connectivity index (χ0v) is 33.9. The first kappa shape index (κ1) is 39.1. The van der Waals surface area contributed by atoms with Crippen LogP contribution in [-0.2, 0) is 19.1 Å². The van der Waals surface area contributed by atoms with Crippen LogP contribution in [0.3, 0.4) is 0 Å². The van der Waals surface area contributed by atoms with Crippen molar-refractivity contribution in [3.05, 3.63) is 71.5 Å². The maximum absolute atomic E-state index is 14.7. The molecule has 3 fully saturated rings. The summed E-state index contributed by atoms with van der Waals surface area (Å²) in [7, 11) is 0. The number of fused-ring (bicyclic) bond motifs is 3. The average molecular weight is 797 g/mol. The summed E-state index contributed by atoms with van der Waals surface area (Å²) in [4.78, 5) is 54.3. The second-order valence-electron chi connectivity index (χ2n) is 16.3. The number of hydrogen-bond donors (Lipinski definition) is 2. The summed E-state index contributed by atoms with van der Waals surface area (Å²) in [5, 5.41) is 9.46. The van der Waals surface area contributed by atoms with Gasteiger partial charge in [-0.1, -0.05) is 50.0 Å². The van der Waals surface area contributed by atoms with E-state index in [4.69, 9.17) is 19.4 Å². The summed E-state index contributed by atoms with van der Waals surface area (Å²) >= 11 is 1.64. The Morgan fingerprint density at radius 2 is 1.88 bits per heavy atom. The number of imidazole rings is 1. The molecule has 11 nitrogen and oxygen atoms in total. The minimum atomic E-state index is -1.19. The highest BCUT2D eigenvalue weighted by molar-refractivity contribution is 7.13. The third-order valence-electron chi connectivity index (χ3n) is 12.0. The molecule has 2 amide bonds. The molecular weight excluding hydrogens is 744 g/mol. The number of nitrogens with zero attached hydrogens (tertiary/aromatic N) is 4. The number of halogens is 1. The predicted octanol–water partition coefficient (Wildman–Crippen LogP) is 8.32. The number of ether oxygens (including phenoxy) is 2. The molecule has 2 aromatic heterocycles. The van der Waals surface area contributed by atoms with Crippen molar-refractivity contribution >= 4 is 45.8 Å². The van der Waals surface area contributed by atoms with E-state index in [1.807, 2.05) is 18.2 Å². The van der Waals surface area contributed by atoms with Gasteiger partial charge in [-0.05, 0) is 89.6 Å². The van der Waals surface area contributed by atoms with Crippen LogP contribution in [0.15, 0.2) is 60.0 Å². The molecule has 2 aliphatic carbocycles. The Morgan fingerprint density at radius 1 is 1.07 bits per heavy atom. The Kier molecular flexibility index (Phi) is 11.4. The zero-order chi connectivity index (χ0) is 39.7. The lowest BCUT2D eigenvalue weighted by Crippen LogP contribution is -2.55. The zero-order valence-electron chi connectivity index (χ0n) is 33.0. The number of carbonyl (C=O) groups excluding carboxylic acids is 3. The summed E-state index contributed by atoms with van der Waals surface area (Å²) in [6.45, 7) is 6.22. The van der Waals surface area contributed by atoms with Crippen molar-refractivity contribution in [2.24, 2.45) is 5.92 Å². The molecule has 2 N–H and O–H groups in total. The van der Waals surface area contributed by atoms with Crippen LogP contribution in [0.4, 0.5) is 10.1 Å². The van der Waals surface area contributed by atoms with E-state index in [-0.39, 0.29) is 37.4 Å². The smallest absolute Gasteiger partial charge is 0.332 e. The number of rotatable bonds is 9. The number of carbonyl (C=O) groups is 3. The van der Waals surface area contributed by atoms with Crippen LogP contribution in [0, 0.1) is 11.7 Å². The van der Waals surface area contributed by atoms with Gasteiger partial charge >= 0.3 is 5.97 Å². The second kappa shape index (κ2) is 16.6. The van der Waals surface area contributed by atoms with E-state index in [0.29, 0.717) is 30.5 Å². The van der Waals surface area contributed by atoms with Gasteiger partial charge in [-0.25, -0.2) is 14.2 Å². The topological polar surface area (TPSA) is 128 Å². The van der Waals surface area contributed by atoms with Gasteiger partial charge in [0.1, 0.15) is 40.1 Å². The highest BCUT2D eigenvalue weighted by atomic mass is 32.1. The third-order valence-corrected chi connectivity index (χ3v) is 12.9. The number of amides is 2. The van der Waals surface area contributed by atoms with Crippen LogP contribution in [0.2, 0.25) is 0 Å². The van der Waals surface area contributed by atoms with Crippen molar-refractivity contribution in [3.63, 3.8) is 0 Å². The largest absolute Gasteiger partial charge is 0.464 e. The van der Waals surface area contributed by atoms with Crippen LogP contribution in [0.1, 0.15) is 109 Å². The molecule has 4 aromatic rings. The van der Waals surface area contributed by atoms with Crippen LogP contribution in [0.5, 0.6) is 6.01 Å². The molecule has 4 heterocycles. The standard InChI is InChI=1S/C44H53FN6O5S/c1-4-55-42(54)44-24-29(44)16-8-6-5-7-9-20-34(46-31-18-12-17-30(45)22-31)41(53)50-25-32(23-37(50)39(52)49-44)56-43-48-38-33(19-13-21-36(38)51(43)27(2)3)40-47-35(26-57-40)28-14-10-11-15-28/h8,12-13,16-19,21-22,26-29,32,34,37,46H,4-7,9-11,14-15,20,23-25H2,1-3H3,(H,49,52)/b16-8-/t29-,32-,34+,37+,44-/m1/s1. The Morgan fingerprint density at radius 3 is 2.67 bits per heavy atom. The van der Waals surface area contributed by atoms with Crippen molar-refractivity contribution in [1.29, 1.82) is 0 Å². The molecule has 0 radical (unpaired) electrons. The number of nitrogens with one attached hydrogen (secondary N) is 2. The fourth-order valence-electron chi connectivity index (χ4n) is 8.99. The van der Waals surface area contributed by atoms with E-state index in [9.17, 15) is 18.8 Å². The molecule has 0 bridgehead atoms. The third kappa shape index (κ3) is 8.04. The number of esters is 1. The van der Waals surface area contributed by atoms with Crippen molar-refractivity contribution in [2.45, 2.75) is 127 Å². The molecule has 13 heteroatoms. The first-order valence-corrected chi connectivity index (χ1v) is 21.6. The normalized spacial score (nSPS) is 26.4. The molecule has 4 aliphatic rings. The van der Waals surface area contributed by atoms with E-state index in [2.05, 4.69) is 46.6 Å². The number of allylic oxidation sites excluding steroid dienone is 1.